The second-order valence-corrected chi connectivity index (χ2v) is 5.83. The van der Waals surface area contributed by atoms with Crippen LogP contribution in [0.15, 0.2) is 18.3 Å². The quantitative estimate of drug-likeness (QED) is 0.787. The average Bonchev–Trinajstić information content (AvgIpc) is 2.53. The van der Waals surface area contributed by atoms with Gasteiger partial charge in [-0.05, 0) is 32.8 Å². The SMILES string of the molecule is COCCOc1ccc(NC(=O)NN2[C@H](C)CCC[C@@H]2C)cn1. The van der Waals surface area contributed by atoms with Crippen molar-refractivity contribution in [1.82, 2.24) is 15.4 Å². The molecule has 1 aliphatic rings. The predicted octanol–water partition coefficient (Wildman–Crippen LogP) is 2.41. The van der Waals surface area contributed by atoms with E-state index in [2.05, 4.69) is 29.6 Å². The summed E-state index contributed by atoms with van der Waals surface area (Å²) in [7, 11) is 1.62. The molecule has 1 saturated heterocycles. The molecule has 128 valence electrons. The second kappa shape index (κ2) is 8.69. The number of ether oxygens (including phenoxy) is 2. The summed E-state index contributed by atoms with van der Waals surface area (Å²) in [5.74, 6) is 0.506. The summed E-state index contributed by atoms with van der Waals surface area (Å²) in [5.41, 5.74) is 3.56. The smallest absolute Gasteiger partial charge is 0.333 e. The fraction of sp³-hybridized carbons (Fsp3) is 0.625. The van der Waals surface area contributed by atoms with Crippen molar-refractivity contribution in [1.29, 1.82) is 0 Å². The molecule has 2 heterocycles. The Morgan fingerprint density at radius 1 is 1.30 bits per heavy atom. The molecule has 2 atom stereocenters. The first-order valence-corrected chi connectivity index (χ1v) is 8.04. The van der Waals surface area contributed by atoms with E-state index in [1.807, 2.05) is 5.01 Å². The predicted molar refractivity (Wildman–Crippen MR) is 88.4 cm³/mol. The fourth-order valence-electron chi connectivity index (χ4n) is 2.69. The second-order valence-electron chi connectivity index (χ2n) is 5.83. The van der Waals surface area contributed by atoms with Crippen molar-refractivity contribution in [3.8, 4) is 5.88 Å². The number of rotatable bonds is 6. The van der Waals surface area contributed by atoms with Gasteiger partial charge in [-0.3, -0.25) is 5.43 Å². The summed E-state index contributed by atoms with van der Waals surface area (Å²) >= 11 is 0. The van der Waals surface area contributed by atoms with Crippen molar-refractivity contribution >= 4 is 11.7 Å². The number of piperidine rings is 1. The van der Waals surface area contributed by atoms with Gasteiger partial charge in [0.2, 0.25) is 5.88 Å². The highest BCUT2D eigenvalue weighted by atomic mass is 16.5. The molecule has 1 aliphatic heterocycles. The molecule has 1 fully saturated rings. The van der Waals surface area contributed by atoms with Crippen LogP contribution >= 0.6 is 0 Å². The number of pyridine rings is 1. The Kier molecular flexibility index (Phi) is 6.61. The zero-order chi connectivity index (χ0) is 16.7. The molecule has 1 aromatic rings. The van der Waals surface area contributed by atoms with Gasteiger partial charge in [-0.25, -0.2) is 14.8 Å². The Labute approximate surface area is 137 Å². The molecule has 7 heteroatoms. The number of anilines is 1. The van der Waals surface area contributed by atoms with Gasteiger partial charge in [0.1, 0.15) is 6.61 Å². The van der Waals surface area contributed by atoms with Crippen LogP contribution in [0.2, 0.25) is 0 Å². The summed E-state index contributed by atoms with van der Waals surface area (Å²) in [6.07, 6.45) is 4.97. The van der Waals surface area contributed by atoms with Gasteiger partial charge in [-0.2, -0.15) is 0 Å². The van der Waals surface area contributed by atoms with E-state index in [9.17, 15) is 4.79 Å². The van der Waals surface area contributed by atoms with Gasteiger partial charge in [0.15, 0.2) is 0 Å². The Hall–Kier alpha value is -1.86. The topological polar surface area (TPSA) is 75.7 Å². The molecule has 2 N–H and O–H groups in total. The summed E-state index contributed by atoms with van der Waals surface area (Å²) in [6.45, 7) is 5.21. The molecule has 23 heavy (non-hydrogen) atoms. The lowest BCUT2D eigenvalue weighted by Crippen LogP contribution is -2.55. The van der Waals surface area contributed by atoms with Crippen LogP contribution in [0.4, 0.5) is 10.5 Å². The number of hydrazine groups is 1. The van der Waals surface area contributed by atoms with E-state index in [-0.39, 0.29) is 6.03 Å². The number of nitrogens with zero attached hydrogens (tertiary/aromatic N) is 2. The molecular weight excluding hydrogens is 296 g/mol. The monoisotopic (exact) mass is 322 g/mol. The molecule has 0 unspecified atom stereocenters. The van der Waals surface area contributed by atoms with Crippen LogP contribution in [0.3, 0.4) is 0 Å². The van der Waals surface area contributed by atoms with E-state index in [0.29, 0.717) is 36.9 Å². The highest BCUT2D eigenvalue weighted by Crippen LogP contribution is 2.20. The van der Waals surface area contributed by atoms with Gasteiger partial charge < -0.3 is 14.8 Å². The zero-order valence-electron chi connectivity index (χ0n) is 14.0. The Morgan fingerprint density at radius 2 is 2.04 bits per heavy atom. The summed E-state index contributed by atoms with van der Waals surface area (Å²) in [6, 6.07) is 3.92. The number of hydrogen-bond acceptors (Lipinski definition) is 5. The normalized spacial score (nSPS) is 21.7. The van der Waals surface area contributed by atoms with Gasteiger partial charge in [-0.15, -0.1) is 0 Å². The largest absolute Gasteiger partial charge is 0.475 e. The molecule has 7 nitrogen and oxygen atoms in total. The average molecular weight is 322 g/mol. The number of aromatic nitrogens is 1. The first kappa shape index (κ1) is 17.5. The third kappa shape index (κ3) is 5.37. The Balaban J connectivity index is 1.82. The van der Waals surface area contributed by atoms with Gasteiger partial charge in [-0.1, -0.05) is 6.42 Å². The van der Waals surface area contributed by atoms with Crippen molar-refractivity contribution in [3.05, 3.63) is 18.3 Å². The van der Waals surface area contributed by atoms with E-state index < -0.39 is 0 Å². The Bertz CT molecular complexity index is 485. The molecule has 0 spiro atoms. The number of amides is 2. The van der Waals surface area contributed by atoms with E-state index in [1.54, 1.807) is 25.4 Å². The van der Waals surface area contributed by atoms with Gasteiger partial charge in [0, 0.05) is 25.3 Å². The lowest BCUT2D eigenvalue weighted by molar-refractivity contribution is 0.0625. The summed E-state index contributed by atoms with van der Waals surface area (Å²) < 4.78 is 10.3. The van der Waals surface area contributed by atoms with Crippen LogP contribution in [-0.2, 0) is 4.74 Å². The van der Waals surface area contributed by atoms with Crippen molar-refractivity contribution in [3.63, 3.8) is 0 Å². The maximum absolute atomic E-state index is 12.1. The van der Waals surface area contributed by atoms with E-state index in [4.69, 9.17) is 9.47 Å². The zero-order valence-corrected chi connectivity index (χ0v) is 14.0. The summed E-state index contributed by atoms with van der Waals surface area (Å²) in [4.78, 5) is 16.3. The van der Waals surface area contributed by atoms with Crippen LogP contribution in [-0.4, -0.2) is 48.4 Å². The molecular formula is C16H26N4O3. The molecule has 0 bridgehead atoms. The van der Waals surface area contributed by atoms with Crippen LogP contribution in [0.5, 0.6) is 5.88 Å². The lowest BCUT2D eigenvalue weighted by Gasteiger charge is -2.38. The standard InChI is InChI=1S/C16H26N4O3/c1-12-5-4-6-13(2)20(12)19-16(21)18-14-7-8-15(17-11-14)23-10-9-22-3/h7-8,11-13H,4-6,9-10H2,1-3H3,(H2,18,19,21)/t12-,13+. The fourth-order valence-corrected chi connectivity index (χ4v) is 2.69. The molecule has 1 aromatic heterocycles. The summed E-state index contributed by atoms with van der Waals surface area (Å²) in [5, 5.41) is 4.81. The van der Waals surface area contributed by atoms with Crippen LogP contribution in [0.25, 0.3) is 0 Å². The van der Waals surface area contributed by atoms with E-state index >= 15 is 0 Å². The minimum Gasteiger partial charge on any atom is -0.475 e. The van der Waals surface area contributed by atoms with Crippen molar-refractivity contribution < 1.29 is 14.3 Å². The molecule has 2 amide bonds. The molecule has 0 aromatic carbocycles. The number of hydrogen-bond donors (Lipinski definition) is 2. The number of nitrogens with one attached hydrogen (secondary N) is 2. The van der Waals surface area contributed by atoms with E-state index in [0.717, 1.165) is 12.8 Å². The number of urea groups is 1. The molecule has 0 radical (unpaired) electrons. The van der Waals surface area contributed by atoms with Gasteiger partial charge in [0.25, 0.3) is 0 Å². The lowest BCUT2D eigenvalue weighted by atomic mass is 10.00. The van der Waals surface area contributed by atoms with Crippen LogP contribution < -0.4 is 15.5 Å². The van der Waals surface area contributed by atoms with Gasteiger partial charge >= 0.3 is 6.03 Å². The van der Waals surface area contributed by atoms with Crippen molar-refractivity contribution in [2.45, 2.75) is 45.2 Å². The van der Waals surface area contributed by atoms with Crippen LogP contribution in [0, 0.1) is 0 Å². The number of carbonyl (C=O) groups is 1. The minimum atomic E-state index is -0.250. The number of carbonyl (C=O) groups excluding carboxylic acids is 1. The Morgan fingerprint density at radius 3 is 2.65 bits per heavy atom. The third-order valence-corrected chi connectivity index (χ3v) is 3.96. The van der Waals surface area contributed by atoms with Gasteiger partial charge in [0.05, 0.1) is 18.5 Å². The first-order chi connectivity index (χ1) is 11.1. The van der Waals surface area contributed by atoms with E-state index in [1.165, 1.54) is 6.42 Å². The maximum Gasteiger partial charge on any atom is 0.333 e. The van der Waals surface area contributed by atoms with Crippen LogP contribution in [0.1, 0.15) is 33.1 Å². The van der Waals surface area contributed by atoms with Crippen molar-refractivity contribution in [2.24, 2.45) is 0 Å². The maximum atomic E-state index is 12.1. The molecule has 2 rings (SSSR count). The highest BCUT2D eigenvalue weighted by molar-refractivity contribution is 5.88. The number of methoxy groups -OCH3 is 1. The minimum absolute atomic E-state index is 0.250. The third-order valence-electron chi connectivity index (χ3n) is 3.96. The molecule has 0 saturated carbocycles. The highest BCUT2D eigenvalue weighted by Gasteiger charge is 2.26. The first-order valence-electron chi connectivity index (χ1n) is 8.04. The van der Waals surface area contributed by atoms with Crippen molar-refractivity contribution in [2.75, 3.05) is 25.6 Å². The molecule has 0 aliphatic carbocycles.